The van der Waals surface area contributed by atoms with E-state index in [-0.39, 0.29) is 23.7 Å². The molecule has 65 heavy (non-hydrogen) atoms. The number of allylic oxidation sites excluding steroid dienone is 2. The van der Waals surface area contributed by atoms with Gasteiger partial charge in [0.1, 0.15) is 78.3 Å². The van der Waals surface area contributed by atoms with Crippen molar-refractivity contribution >= 4 is 11.8 Å². The second kappa shape index (κ2) is 19.9. The van der Waals surface area contributed by atoms with Gasteiger partial charge in [0.05, 0.1) is 32.5 Å². The monoisotopic (exact) mass is 930 g/mol. The van der Waals surface area contributed by atoms with Gasteiger partial charge in [-0.2, -0.15) is 0 Å². The van der Waals surface area contributed by atoms with Gasteiger partial charge < -0.3 is 84.6 Å². The fraction of sp³-hybridized carbons (Fsp3) is 0.913. The van der Waals surface area contributed by atoms with Gasteiger partial charge in [0.2, 0.25) is 0 Å². The van der Waals surface area contributed by atoms with Gasteiger partial charge in [0.15, 0.2) is 18.9 Å². The van der Waals surface area contributed by atoms with Crippen molar-refractivity contribution in [2.24, 2.45) is 45.8 Å². The maximum atomic E-state index is 13.9. The molecule has 0 amide bonds. The van der Waals surface area contributed by atoms with Crippen LogP contribution < -0.4 is 0 Å². The lowest BCUT2D eigenvalue weighted by Gasteiger charge is -2.60. The number of fused-ring (bicyclic) bond motifs is 4. The summed E-state index contributed by atoms with van der Waals surface area (Å²) < 4.78 is 36.0. The van der Waals surface area contributed by atoms with Crippen LogP contribution in [0.2, 0.25) is 0 Å². The lowest BCUT2D eigenvalue weighted by Crippen LogP contribution is -2.68. The Kier molecular flexibility index (Phi) is 15.7. The Balaban J connectivity index is 1.19. The molecule has 2 saturated carbocycles. The van der Waals surface area contributed by atoms with Crippen molar-refractivity contribution in [2.45, 2.75) is 191 Å². The van der Waals surface area contributed by atoms with Gasteiger partial charge in [-0.1, -0.05) is 45.8 Å². The molecule has 7 rings (SSSR count). The average molecular weight is 931 g/mol. The number of aliphatic hydroxyl groups is 10. The van der Waals surface area contributed by atoms with Crippen molar-refractivity contribution in [2.75, 3.05) is 26.4 Å². The number of aliphatic carboxylic acids is 1. The number of hydrogen-bond acceptors (Lipinski definition) is 18. The topological polar surface area (TPSA) is 312 Å². The van der Waals surface area contributed by atoms with E-state index < -0.39 is 141 Å². The summed E-state index contributed by atoms with van der Waals surface area (Å²) in [5, 5.41) is 118. The highest BCUT2D eigenvalue weighted by molar-refractivity contribution is 5.79. The molecule has 5 fully saturated rings. The molecule has 0 aromatic rings. The van der Waals surface area contributed by atoms with Crippen LogP contribution in [0.1, 0.15) is 98.8 Å². The Labute approximate surface area is 379 Å². The second-order valence-corrected chi connectivity index (χ2v) is 21.1. The van der Waals surface area contributed by atoms with Crippen LogP contribution in [0, 0.1) is 45.8 Å². The third kappa shape index (κ3) is 9.02. The maximum absolute atomic E-state index is 13.9. The first-order valence-electron chi connectivity index (χ1n) is 23.6. The summed E-state index contributed by atoms with van der Waals surface area (Å²) in [7, 11) is 0. The van der Waals surface area contributed by atoms with Crippen LogP contribution in [0.4, 0.5) is 0 Å². The lowest BCUT2D eigenvalue weighted by molar-refractivity contribution is -0.394. The SMILES string of the molecule is CC(C)CC(=O)C[C@@H](C)[C@H]1CC[C@H]2C3=C(CC[C@]12C)[C@@]1(C)CC[C@H](O[C@@H]2O[C@H](CO)[C@H](O)[C@H](O[C@@H]4O[C@H](CO)[C@H](O)[C@H](O)[C@H]4O)[C@H]2O[C@@H]2OC[C@H](O)[C@H](O)[C@H]2O)[C@](CO)(C(=O)O)[C@@H]1CC3. The van der Waals surface area contributed by atoms with E-state index in [0.29, 0.717) is 49.7 Å². The van der Waals surface area contributed by atoms with Crippen LogP contribution in [0.15, 0.2) is 11.1 Å². The molecule has 3 aliphatic heterocycles. The summed E-state index contributed by atoms with van der Waals surface area (Å²) in [5.74, 6) is -0.446. The molecule has 0 aromatic carbocycles. The molecule has 0 unspecified atom stereocenters. The molecule has 372 valence electrons. The van der Waals surface area contributed by atoms with E-state index in [4.69, 9.17) is 28.4 Å². The zero-order valence-corrected chi connectivity index (χ0v) is 38.1. The quantitative estimate of drug-likeness (QED) is 0.0922. The molecule has 22 atom stereocenters. The Morgan fingerprint density at radius 1 is 0.708 bits per heavy atom. The molecule has 3 saturated heterocycles. The number of carbonyl (C=O) groups excluding carboxylic acids is 1. The number of aliphatic hydroxyl groups excluding tert-OH is 10. The van der Waals surface area contributed by atoms with Gasteiger partial charge in [-0.3, -0.25) is 9.59 Å². The summed E-state index contributed by atoms with van der Waals surface area (Å²) in [6, 6.07) is 0. The molecule has 0 radical (unpaired) electrons. The third-order valence-corrected chi connectivity index (χ3v) is 16.9. The van der Waals surface area contributed by atoms with Crippen LogP contribution in [-0.4, -0.2) is 186 Å². The normalized spacial score (nSPS) is 48.4. The first-order valence-corrected chi connectivity index (χ1v) is 23.6. The minimum atomic E-state index is -1.96. The number of ether oxygens (including phenoxy) is 6. The summed E-state index contributed by atoms with van der Waals surface area (Å²) >= 11 is 0. The third-order valence-electron chi connectivity index (χ3n) is 16.9. The highest BCUT2D eigenvalue weighted by atomic mass is 16.8. The minimum absolute atomic E-state index is 0.0140. The van der Waals surface area contributed by atoms with Crippen molar-refractivity contribution in [1.82, 2.24) is 0 Å². The number of rotatable bonds is 15. The van der Waals surface area contributed by atoms with E-state index in [1.54, 1.807) is 0 Å². The number of carboxylic acid groups (broad SMARTS) is 1. The molecule has 0 aromatic heterocycles. The molecular formula is C46H74O19. The Morgan fingerprint density at radius 3 is 2.00 bits per heavy atom. The molecule has 0 spiro atoms. The molecule has 7 aliphatic rings. The Bertz CT molecular complexity index is 1710. The number of Topliss-reactive ketones (excluding diaryl/α,β-unsaturated/α-hetero) is 1. The zero-order valence-electron chi connectivity index (χ0n) is 38.1. The van der Waals surface area contributed by atoms with Gasteiger partial charge in [-0.25, -0.2) is 0 Å². The number of carboxylic acids is 1. The standard InChI is InChI=1S/C46H74O19/c1-20(2)14-22(50)15-21(3)24-7-8-25-23-6-9-30-45(5,26(23)10-12-44(24,25)4)13-11-31(46(30,19-49)43(58)59)63-42-39(65-40-36(56)32(52)27(51)18-60-40)38(34(54)29(17-48)62-42)64-41-37(57)35(55)33(53)28(16-47)61-41/h20-21,24-25,27-42,47-49,51-57H,6-19H2,1-5H3,(H,58,59)/t21-,24-,25+,27+,28-,29-,30-,31+,32+,33+,34+,35+,36-,37-,38+,39-,40+,41+,42+,44-,45-,46-/m1/s1. The predicted octanol–water partition coefficient (Wildman–Crippen LogP) is -0.503. The fourth-order valence-electron chi connectivity index (χ4n) is 13.6. The first kappa shape index (κ1) is 51.1. The molecule has 3 heterocycles. The first-order chi connectivity index (χ1) is 30.7. The lowest BCUT2D eigenvalue weighted by atomic mass is 9.45. The van der Waals surface area contributed by atoms with E-state index in [2.05, 4.69) is 34.6 Å². The smallest absolute Gasteiger partial charge is 0.314 e. The predicted molar refractivity (Wildman–Crippen MR) is 224 cm³/mol. The van der Waals surface area contributed by atoms with Gasteiger partial charge in [-0.05, 0) is 91.8 Å². The fourth-order valence-corrected chi connectivity index (χ4v) is 13.6. The zero-order chi connectivity index (χ0) is 47.5. The van der Waals surface area contributed by atoms with E-state index in [1.807, 2.05) is 0 Å². The number of hydrogen-bond donors (Lipinski definition) is 11. The van der Waals surface area contributed by atoms with Crippen molar-refractivity contribution in [3.8, 4) is 0 Å². The van der Waals surface area contributed by atoms with Gasteiger partial charge in [0.25, 0.3) is 0 Å². The number of ketones is 1. The van der Waals surface area contributed by atoms with Gasteiger partial charge >= 0.3 is 5.97 Å². The van der Waals surface area contributed by atoms with Crippen LogP contribution in [-0.2, 0) is 38.0 Å². The van der Waals surface area contributed by atoms with Crippen molar-refractivity contribution in [1.29, 1.82) is 0 Å². The minimum Gasteiger partial charge on any atom is -0.481 e. The van der Waals surface area contributed by atoms with E-state index in [1.165, 1.54) is 11.1 Å². The highest BCUT2D eigenvalue weighted by Gasteiger charge is 2.66. The van der Waals surface area contributed by atoms with E-state index in [0.717, 1.165) is 25.7 Å². The largest absolute Gasteiger partial charge is 0.481 e. The summed E-state index contributed by atoms with van der Waals surface area (Å²) in [5.41, 5.74) is 0.0101. The van der Waals surface area contributed by atoms with Crippen LogP contribution in [0.3, 0.4) is 0 Å². The Morgan fingerprint density at radius 2 is 1.35 bits per heavy atom. The van der Waals surface area contributed by atoms with E-state index in [9.17, 15) is 65.8 Å². The summed E-state index contributed by atoms with van der Waals surface area (Å²) in [6.07, 6.45) is -19.4. The number of carbonyl (C=O) groups is 2. The van der Waals surface area contributed by atoms with Gasteiger partial charge in [0, 0.05) is 12.8 Å². The van der Waals surface area contributed by atoms with Crippen molar-refractivity contribution < 1.29 is 94.2 Å². The summed E-state index contributed by atoms with van der Waals surface area (Å²) in [6.45, 7) is 7.78. The molecule has 11 N–H and O–H groups in total. The van der Waals surface area contributed by atoms with Crippen LogP contribution >= 0.6 is 0 Å². The van der Waals surface area contributed by atoms with Crippen LogP contribution in [0.25, 0.3) is 0 Å². The molecule has 19 heteroatoms. The Hall–Kier alpha value is -1.76. The molecule has 19 nitrogen and oxygen atoms in total. The highest BCUT2D eigenvalue weighted by Crippen LogP contribution is 2.68. The molecule has 4 aliphatic carbocycles. The molecular weight excluding hydrogens is 856 g/mol. The van der Waals surface area contributed by atoms with E-state index >= 15 is 0 Å². The van der Waals surface area contributed by atoms with Gasteiger partial charge in [-0.15, -0.1) is 0 Å². The van der Waals surface area contributed by atoms with Crippen LogP contribution in [0.5, 0.6) is 0 Å². The maximum Gasteiger partial charge on any atom is 0.314 e. The molecule has 0 bridgehead atoms. The second-order valence-electron chi connectivity index (χ2n) is 21.1. The van der Waals surface area contributed by atoms with Crippen molar-refractivity contribution in [3.05, 3.63) is 11.1 Å². The average Bonchev–Trinajstić information content (AvgIpc) is 3.62. The van der Waals surface area contributed by atoms with Crippen molar-refractivity contribution in [3.63, 3.8) is 0 Å². The summed E-state index contributed by atoms with van der Waals surface area (Å²) in [4.78, 5) is 26.9.